The van der Waals surface area contributed by atoms with Crippen LogP contribution >= 0.6 is 0 Å². The summed E-state index contributed by atoms with van der Waals surface area (Å²) in [5, 5.41) is 2.95. The zero-order valence-electron chi connectivity index (χ0n) is 15.7. The third-order valence-electron chi connectivity index (χ3n) is 4.67. The molecule has 2 heterocycles. The van der Waals surface area contributed by atoms with Crippen molar-refractivity contribution in [1.82, 2.24) is 9.88 Å². The number of aryl methyl sites for hydroxylation is 1. The SMILES string of the molecule is Cc1ccc(C2=C(Nc3cccc(F)c3)C(=O)N(Cc3cccnc3)C2=O)cc1. The first-order chi connectivity index (χ1) is 14.0. The van der Waals surface area contributed by atoms with Gasteiger partial charge in [0, 0.05) is 18.1 Å². The zero-order chi connectivity index (χ0) is 20.4. The first kappa shape index (κ1) is 18.6. The summed E-state index contributed by atoms with van der Waals surface area (Å²) in [5.74, 6) is -1.29. The van der Waals surface area contributed by atoms with Crippen LogP contribution in [0, 0.1) is 12.7 Å². The van der Waals surface area contributed by atoms with Gasteiger partial charge in [0.2, 0.25) is 0 Å². The predicted octanol–water partition coefficient (Wildman–Crippen LogP) is 3.92. The van der Waals surface area contributed by atoms with Crippen LogP contribution in [-0.2, 0) is 16.1 Å². The maximum atomic E-state index is 13.6. The topological polar surface area (TPSA) is 62.3 Å². The van der Waals surface area contributed by atoms with Crippen LogP contribution in [0.25, 0.3) is 5.57 Å². The van der Waals surface area contributed by atoms with E-state index in [4.69, 9.17) is 0 Å². The summed E-state index contributed by atoms with van der Waals surface area (Å²) < 4.78 is 13.6. The van der Waals surface area contributed by atoms with E-state index in [2.05, 4.69) is 10.3 Å². The van der Waals surface area contributed by atoms with Crippen molar-refractivity contribution in [3.05, 3.63) is 101 Å². The molecule has 1 aromatic heterocycles. The summed E-state index contributed by atoms with van der Waals surface area (Å²) >= 11 is 0. The van der Waals surface area contributed by atoms with Crippen LogP contribution in [0.3, 0.4) is 0 Å². The van der Waals surface area contributed by atoms with Gasteiger partial charge in [-0.15, -0.1) is 0 Å². The van der Waals surface area contributed by atoms with E-state index in [1.807, 2.05) is 19.1 Å². The number of pyridine rings is 1. The third kappa shape index (κ3) is 3.78. The highest BCUT2D eigenvalue weighted by Crippen LogP contribution is 2.31. The van der Waals surface area contributed by atoms with E-state index < -0.39 is 17.6 Å². The molecule has 5 nitrogen and oxygen atoms in total. The van der Waals surface area contributed by atoms with E-state index in [1.54, 1.807) is 48.8 Å². The molecular formula is C23H18FN3O2. The number of aromatic nitrogens is 1. The molecule has 0 saturated carbocycles. The second-order valence-corrected chi connectivity index (χ2v) is 6.81. The van der Waals surface area contributed by atoms with Crippen molar-refractivity contribution in [2.24, 2.45) is 0 Å². The Morgan fingerprint density at radius 2 is 1.79 bits per heavy atom. The Kier molecular flexibility index (Phi) is 4.91. The number of nitrogens with zero attached hydrogens (tertiary/aromatic N) is 2. The predicted molar refractivity (Wildman–Crippen MR) is 108 cm³/mol. The van der Waals surface area contributed by atoms with Crippen molar-refractivity contribution >= 4 is 23.1 Å². The molecule has 6 heteroatoms. The minimum Gasteiger partial charge on any atom is -0.350 e. The van der Waals surface area contributed by atoms with Crippen molar-refractivity contribution in [2.45, 2.75) is 13.5 Å². The molecule has 0 saturated heterocycles. The number of halogens is 1. The zero-order valence-corrected chi connectivity index (χ0v) is 15.7. The number of hydrogen-bond acceptors (Lipinski definition) is 4. The lowest BCUT2D eigenvalue weighted by Crippen LogP contribution is -2.32. The van der Waals surface area contributed by atoms with Crippen LogP contribution in [0.5, 0.6) is 0 Å². The first-order valence-electron chi connectivity index (χ1n) is 9.12. The highest BCUT2D eigenvalue weighted by molar-refractivity contribution is 6.36. The van der Waals surface area contributed by atoms with E-state index in [-0.39, 0.29) is 17.8 Å². The standard InChI is InChI=1S/C23H18FN3O2/c1-15-7-9-17(10-8-15)20-21(26-19-6-2-5-18(24)12-19)23(29)27(22(20)28)14-16-4-3-11-25-13-16/h2-13,26H,14H2,1H3. The van der Waals surface area contributed by atoms with Crippen molar-refractivity contribution in [3.8, 4) is 0 Å². The normalized spacial score (nSPS) is 13.9. The van der Waals surface area contributed by atoms with Crippen molar-refractivity contribution < 1.29 is 14.0 Å². The van der Waals surface area contributed by atoms with Crippen molar-refractivity contribution in [2.75, 3.05) is 5.32 Å². The summed E-state index contributed by atoms with van der Waals surface area (Å²) in [6.45, 7) is 2.05. The fourth-order valence-corrected chi connectivity index (χ4v) is 3.21. The molecular weight excluding hydrogens is 369 g/mol. The Morgan fingerprint density at radius 1 is 1.00 bits per heavy atom. The number of carbonyl (C=O) groups excluding carboxylic acids is 2. The molecule has 0 aliphatic carbocycles. The Labute approximate surface area is 167 Å². The molecule has 0 unspecified atom stereocenters. The molecule has 2 amide bonds. The van der Waals surface area contributed by atoms with Gasteiger partial charge in [0.15, 0.2) is 0 Å². The molecule has 0 fully saturated rings. The Morgan fingerprint density at radius 3 is 2.48 bits per heavy atom. The molecule has 1 aliphatic heterocycles. The maximum absolute atomic E-state index is 13.6. The van der Waals surface area contributed by atoms with Crippen LogP contribution in [-0.4, -0.2) is 21.7 Å². The molecule has 0 spiro atoms. The highest BCUT2D eigenvalue weighted by Gasteiger charge is 2.39. The largest absolute Gasteiger partial charge is 0.350 e. The summed E-state index contributed by atoms with van der Waals surface area (Å²) in [6.07, 6.45) is 3.24. The number of imide groups is 1. The fourth-order valence-electron chi connectivity index (χ4n) is 3.21. The van der Waals surface area contributed by atoms with Gasteiger partial charge in [0.05, 0.1) is 12.1 Å². The van der Waals surface area contributed by atoms with Gasteiger partial charge in [-0.2, -0.15) is 0 Å². The minimum absolute atomic E-state index is 0.106. The smallest absolute Gasteiger partial charge is 0.278 e. The lowest BCUT2D eigenvalue weighted by molar-refractivity contribution is -0.137. The van der Waals surface area contributed by atoms with Crippen LogP contribution in [0.2, 0.25) is 0 Å². The number of nitrogens with one attached hydrogen (secondary N) is 1. The quantitative estimate of drug-likeness (QED) is 0.674. The second kappa shape index (κ2) is 7.67. The lowest BCUT2D eigenvalue weighted by Gasteiger charge is -2.15. The molecule has 0 radical (unpaired) electrons. The summed E-state index contributed by atoms with van der Waals surface area (Å²) in [7, 11) is 0. The van der Waals surface area contributed by atoms with Crippen molar-refractivity contribution in [1.29, 1.82) is 0 Å². The van der Waals surface area contributed by atoms with Gasteiger partial charge in [-0.05, 0) is 42.3 Å². The van der Waals surface area contributed by atoms with E-state index in [1.165, 1.54) is 17.0 Å². The van der Waals surface area contributed by atoms with Crippen LogP contribution in [0.15, 0.2) is 78.8 Å². The average molecular weight is 387 g/mol. The first-order valence-corrected chi connectivity index (χ1v) is 9.12. The molecule has 1 aliphatic rings. The van der Waals surface area contributed by atoms with Crippen LogP contribution < -0.4 is 5.32 Å². The lowest BCUT2D eigenvalue weighted by atomic mass is 10.0. The summed E-state index contributed by atoms with van der Waals surface area (Å²) in [4.78, 5) is 31.5. The number of anilines is 1. The van der Waals surface area contributed by atoms with Gasteiger partial charge in [-0.1, -0.05) is 42.0 Å². The fraction of sp³-hybridized carbons (Fsp3) is 0.0870. The number of rotatable bonds is 5. The van der Waals surface area contributed by atoms with E-state index in [9.17, 15) is 14.0 Å². The molecule has 1 N–H and O–H groups in total. The molecule has 0 atom stereocenters. The molecule has 144 valence electrons. The van der Waals surface area contributed by atoms with Gasteiger partial charge in [-0.25, -0.2) is 4.39 Å². The summed E-state index contributed by atoms with van der Waals surface area (Å²) in [6, 6.07) is 16.7. The Hall–Kier alpha value is -3.80. The third-order valence-corrected chi connectivity index (χ3v) is 4.67. The maximum Gasteiger partial charge on any atom is 0.278 e. The molecule has 29 heavy (non-hydrogen) atoms. The van der Waals surface area contributed by atoms with E-state index in [0.29, 0.717) is 11.3 Å². The minimum atomic E-state index is -0.460. The van der Waals surface area contributed by atoms with Crippen molar-refractivity contribution in [3.63, 3.8) is 0 Å². The van der Waals surface area contributed by atoms with E-state index in [0.717, 1.165) is 11.1 Å². The number of hydrogen-bond donors (Lipinski definition) is 1. The van der Waals surface area contributed by atoms with Gasteiger partial charge < -0.3 is 5.32 Å². The van der Waals surface area contributed by atoms with Crippen LogP contribution in [0.4, 0.5) is 10.1 Å². The Balaban J connectivity index is 1.75. The molecule has 3 aromatic rings. The Bertz CT molecular complexity index is 1110. The number of benzene rings is 2. The molecule has 0 bridgehead atoms. The second-order valence-electron chi connectivity index (χ2n) is 6.81. The van der Waals surface area contributed by atoms with E-state index >= 15 is 0 Å². The molecule has 2 aromatic carbocycles. The summed E-state index contributed by atoms with van der Waals surface area (Å²) in [5.41, 5.74) is 3.20. The van der Waals surface area contributed by atoms with Gasteiger partial charge in [0.25, 0.3) is 11.8 Å². The van der Waals surface area contributed by atoms with Gasteiger partial charge in [0.1, 0.15) is 11.5 Å². The van der Waals surface area contributed by atoms with Gasteiger partial charge in [-0.3, -0.25) is 19.5 Å². The monoisotopic (exact) mass is 387 g/mol. The number of amides is 2. The number of carbonyl (C=O) groups is 2. The average Bonchev–Trinajstić information content (AvgIpc) is 2.94. The van der Waals surface area contributed by atoms with Crippen LogP contribution in [0.1, 0.15) is 16.7 Å². The highest BCUT2D eigenvalue weighted by atomic mass is 19.1. The molecule has 4 rings (SSSR count). The van der Waals surface area contributed by atoms with Gasteiger partial charge >= 0.3 is 0 Å².